The SMILES string of the molecule is CC(C)(C)[Si](C)(C)N1C(=O)[C@H]([C@H](O)C(F)(F)F)[C@H]1CC(=O)[Si](C)(C)C. The number of aliphatic hydroxyl groups is 1. The van der Waals surface area contributed by atoms with Crippen LogP contribution in [-0.4, -0.2) is 55.6 Å². The molecule has 0 aliphatic carbocycles. The molecule has 1 aliphatic rings. The molecule has 1 rings (SSSR count). The fourth-order valence-electron chi connectivity index (χ4n) is 2.88. The molecule has 25 heavy (non-hydrogen) atoms. The molecule has 0 radical (unpaired) electrons. The van der Waals surface area contributed by atoms with E-state index in [0.717, 1.165) is 0 Å². The molecule has 0 aromatic rings. The van der Waals surface area contributed by atoms with E-state index in [0.29, 0.717) is 0 Å². The first-order chi connectivity index (χ1) is 10.8. The van der Waals surface area contributed by atoms with Crippen molar-refractivity contribution >= 4 is 27.6 Å². The molecule has 1 aliphatic heterocycles. The summed E-state index contributed by atoms with van der Waals surface area (Å²) in [5, 5.41) is 9.35. The van der Waals surface area contributed by atoms with Gasteiger partial charge in [-0.3, -0.25) is 4.79 Å². The van der Waals surface area contributed by atoms with E-state index in [4.69, 9.17) is 0 Å². The monoisotopic (exact) mass is 397 g/mol. The highest BCUT2D eigenvalue weighted by molar-refractivity contribution is 7.03. The van der Waals surface area contributed by atoms with Crippen molar-refractivity contribution in [2.75, 3.05) is 0 Å². The van der Waals surface area contributed by atoms with Crippen LogP contribution >= 0.6 is 0 Å². The van der Waals surface area contributed by atoms with Crippen LogP contribution in [0.15, 0.2) is 0 Å². The third-order valence-corrected chi connectivity index (χ3v) is 12.9. The molecule has 0 bridgehead atoms. The van der Waals surface area contributed by atoms with Gasteiger partial charge in [-0.15, -0.1) is 0 Å². The third-order valence-electron chi connectivity index (χ3n) is 5.61. The van der Waals surface area contributed by atoms with E-state index in [1.165, 1.54) is 4.57 Å². The quantitative estimate of drug-likeness (QED) is 0.570. The van der Waals surface area contributed by atoms with E-state index in [-0.39, 0.29) is 16.9 Å². The summed E-state index contributed by atoms with van der Waals surface area (Å²) in [5.74, 6) is -2.25. The molecule has 3 atom stereocenters. The standard InChI is InChI=1S/C16H30F3NO3Si2/c1-15(2,3)25(7,8)20-10(9-11(21)24(4,5)6)12(14(20)23)13(22)16(17,18)19/h10,12-13,22H,9H2,1-8H3/t10-,12+,13+/m1/s1. The highest BCUT2D eigenvalue weighted by atomic mass is 28.3. The number of hydrogen-bond donors (Lipinski definition) is 1. The van der Waals surface area contributed by atoms with Crippen molar-refractivity contribution in [2.45, 2.75) is 83.3 Å². The van der Waals surface area contributed by atoms with Gasteiger partial charge in [0.15, 0.2) is 14.3 Å². The summed E-state index contributed by atoms with van der Waals surface area (Å²) in [6.07, 6.45) is -7.70. The van der Waals surface area contributed by atoms with Crippen LogP contribution in [0.25, 0.3) is 0 Å². The van der Waals surface area contributed by atoms with E-state index in [1.807, 2.05) is 53.5 Å². The molecule has 0 aromatic carbocycles. The first kappa shape index (κ1) is 22.4. The van der Waals surface area contributed by atoms with Crippen molar-refractivity contribution in [2.24, 2.45) is 5.92 Å². The van der Waals surface area contributed by atoms with Crippen molar-refractivity contribution < 1.29 is 27.9 Å². The Kier molecular flexibility index (Phi) is 5.80. The van der Waals surface area contributed by atoms with E-state index in [2.05, 4.69) is 0 Å². The number of halogens is 3. The number of amides is 1. The van der Waals surface area contributed by atoms with E-state index in [1.54, 1.807) is 0 Å². The van der Waals surface area contributed by atoms with Gasteiger partial charge in [-0.05, 0) is 5.04 Å². The van der Waals surface area contributed by atoms with Gasteiger partial charge in [0.1, 0.15) is 13.5 Å². The maximum absolute atomic E-state index is 13.0. The minimum Gasteiger partial charge on any atom is -0.383 e. The van der Waals surface area contributed by atoms with Crippen LogP contribution in [0.3, 0.4) is 0 Å². The normalized spacial score (nSPS) is 24.2. The summed E-state index contributed by atoms with van der Waals surface area (Å²) in [7, 11) is -4.65. The minimum absolute atomic E-state index is 0.0758. The summed E-state index contributed by atoms with van der Waals surface area (Å²) in [4.78, 5) is 25.1. The second kappa shape index (κ2) is 6.49. The molecule has 0 spiro atoms. The second-order valence-corrected chi connectivity index (χ2v) is 19.6. The van der Waals surface area contributed by atoms with Gasteiger partial charge < -0.3 is 14.5 Å². The lowest BCUT2D eigenvalue weighted by atomic mass is 9.83. The summed E-state index contributed by atoms with van der Waals surface area (Å²) < 4.78 is 40.5. The van der Waals surface area contributed by atoms with Gasteiger partial charge in [-0.25, -0.2) is 0 Å². The van der Waals surface area contributed by atoms with Crippen molar-refractivity contribution in [1.82, 2.24) is 4.57 Å². The average molecular weight is 398 g/mol. The first-order valence-electron chi connectivity index (χ1n) is 8.44. The van der Waals surface area contributed by atoms with Gasteiger partial charge >= 0.3 is 6.18 Å². The van der Waals surface area contributed by atoms with Gasteiger partial charge in [-0.2, -0.15) is 13.2 Å². The molecule has 0 aromatic heterocycles. The number of hydrogen-bond acceptors (Lipinski definition) is 3. The Morgan fingerprint density at radius 2 is 1.60 bits per heavy atom. The molecule has 1 saturated heterocycles. The number of aliphatic hydroxyl groups excluding tert-OH is 1. The maximum atomic E-state index is 13.0. The van der Waals surface area contributed by atoms with Gasteiger partial charge in [0.05, 0.1) is 5.92 Å². The lowest BCUT2D eigenvalue weighted by Gasteiger charge is -2.59. The fraction of sp³-hybridized carbons (Fsp3) is 0.875. The molecule has 9 heteroatoms. The summed E-state index contributed by atoms with van der Waals surface area (Å²) in [6.45, 7) is 15.2. The molecule has 146 valence electrons. The van der Waals surface area contributed by atoms with Crippen molar-refractivity contribution in [1.29, 1.82) is 0 Å². The Balaban J connectivity index is 3.26. The smallest absolute Gasteiger partial charge is 0.383 e. The Bertz CT molecular complexity index is 550. The lowest BCUT2D eigenvalue weighted by molar-refractivity contribution is -0.235. The molecule has 4 nitrogen and oxygen atoms in total. The summed E-state index contributed by atoms with van der Waals surface area (Å²) in [5.41, 5.74) is 0. The molecular weight excluding hydrogens is 367 g/mol. The predicted molar refractivity (Wildman–Crippen MR) is 96.4 cm³/mol. The Hall–Kier alpha value is -0.676. The zero-order valence-electron chi connectivity index (χ0n) is 16.3. The molecule has 1 amide bonds. The van der Waals surface area contributed by atoms with Crippen LogP contribution < -0.4 is 0 Å². The van der Waals surface area contributed by atoms with Crippen LogP contribution in [0, 0.1) is 5.92 Å². The molecular formula is C16H30F3NO3Si2. The number of β-lactam (4-membered cyclic amide) rings is 1. The molecule has 1 N–H and O–H groups in total. The van der Waals surface area contributed by atoms with Crippen molar-refractivity contribution in [3.8, 4) is 0 Å². The second-order valence-electron chi connectivity index (χ2n) is 9.47. The van der Waals surface area contributed by atoms with Crippen LogP contribution in [0.1, 0.15) is 27.2 Å². The van der Waals surface area contributed by atoms with Crippen molar-refractivity contribution in [3.05, 3.63) is 0 Å². The van der Waals surface area contributed by atoms with E-state index < -0.39 is 46.5 Å². The van der Waals surface area contributed by atoms with Gasteiger partial charge in [-0.1, -0.05) is 53.5 Å². The highest BCUT2D eigenvalue weighted by Crippen LogP contribution is 2.48. The highest BCUT2D eigenvalue weighted by Gasteiger charge is 2.63. The fourth-order valence-corrected chi connectivity index (χ4v) is 6.21. The summed E-state index contributed by atoms with van der Waals surface area (Å²) >= 11 is 0. The zero-order valence-corrected chi connectivity index (χ0v) is 18.3. The lowest BCUT2D eigenvalue weighted by Crippen LogP contribution is -2.76. The van der Waals surface area contributed by atoms with Crippen LogP contribution in [0.2, 0.25) is 37.8 Å². The van der Waals surface area contributed by atoms with Gasteiger partial charge in [0, 0.05) is 12.5 Å². The molecule has 1 heterocycles. The van der Waals surface area contributed by atoms with Crippen LogP contribution in [0.5, 0.6) is 0 Å². The number of carbonyl (C=O) groups excluding carboxylic acids is 2. The first-order valence-corrected chi connectivity index (χ1v) is 14.9. The topological polar surface area (TPSA) is 57.6 Å². The Morgan fingerprint density at radius 1 is 1.16 bits per heavy atom. The number of alkyl halides is 3. The van der Waals surface area contributed by atoms with Crippen molar-refractivity contribution in [3.63, 3.8) is 0 Å². The summed E-state index contributed by atoms with van der Waals surface area (Å²) in [6, 6.07) is -0.871. The largest absolute Gasteiger partial charge is 0.415 e. The van der Waals surface area contributed by atoms with Gasteiger partial charge in [0.2, 0.25) is 5.91 Å². The number of carbonyl (C=O) groups is 2. The van der Waals surface area contributed by atoms with E-state index in [9.17, 15) is 27.9 Å². The Morgan fingerprint density at radius 3 is 1.92 bits per heavy atom. The average Bonchev–Trinajstić information content (AvgIpc) is 2.33. The zero-order chi connectivity index (χ0) is 20.2. The van der Waals surface area contributed by atoms with Gasteiger partial charge in [0.25, 0.3) is 0 Å². The minimum atomic E-state index is -4.87. The van der Waals surface area contributed by atoms with Crippen LogP contribution in [-0.2, 0) is 9.59 Å². The van der Waals surface area contributed by atoms with E-state index >= 15 is 0 Å². The number of nitrogens with zero attached hydrogens (tertiary/aromatic N) is 1. The maximum Gasteiger partial charge on any atom is 0.415 e. The van der Waals surface area contributed by atoms with Crippen LogP contribution in [0.4, 0.5) is 13.2 Å². The Labute approximate surface area is 149 Å². The molecule has 0 saturated carbocycles. The molecule has 0 unspecified atom stereocenters. The molecule has 1 fully saturated rings. The number of rotatable bonds is 5. The predicted octanol–water partition coefficient (Wildman–Crippen LogP) is 3.58. The third kappa shape index (κ3) is 4.19.